The van der Waals surface area contributed by atoms with E-state index in [-0.39, 0.29) is 5.82 Å². The molecule has 1 aromatic heterocycles. The summed E-state index contributed by atoms with van der Waals surface area (Å²) >= 11 is 0. The average Bonchev–Trinajstić information content (AvgIpc) is 2.63. The number of carbonyl (C=O) groups is 1. The summed E-state index contributed by atoms with van der Waals surface area (Å²) in [7, 11) is 0. The Bertz CT molecular complexity index is 877. The summed E-state index contributed by atoms with van der Waals surface area (Å²) in [6, 6.07) is 17.9. The van der Waals surface area contributed by atoms with Crippen molar-refractivity contribution in [2.75, 3.05) is 0 Å². The van der Waals surface area contributed by atoms with Gasteiger partial charge in [0.25, 0.3) is 0 Å². The van der Waals surface area contributed by atoms with Crippen molar-refractivity contribution in [3.05, 3.63) is 90.4 Å². The minimum Gasteiger partial charge on any atom is -0.439 e. The monoisotopic (exact) mass is 335 g/mol. The van der Waals surface area contributed by atoms with Crippen LogP contribution in [0.15, 0.2) is 79.0 Å². The van der Waals surface area contributed by atoms with Crippen LogP contribution in [0.1, 0.15) is 5.56 Å². The maximum absolute atomic E-state index is 13.1. The summed E-state index contributed by atoms with van der Waals surface area (Å²) in [5, 5.41) is 0. The molecular weight excluding hydrogens is 321 g/mol. The van der Waals surface area contributed by atoms with E-state index >= 15 is 0 Å². The van der Waals surface area contributed by atoms with E-state index in [4.69, 9.17) is 9.47 Å². The summed E-state index contributed by atoms with van der Waals surface area (Å²) in [6.45, 7) is 0. The van der Waals surface area contributed by atoms with Crippen LogP contribution in [0.25, 0.3) is 6.08 Å². The molecule has 3 aromatic rings. The molecule has 25 heavy (non-hydrogen) atoms. The molecule has 0 unspecified atom stereocenters. The molecule has 0 aliphatic rings. The van der Waals surface area contributed by atoms with Crippen LogP contribution in [-0.4, -0.2) is 11.0 Å². The lowest BCUT2D eigenvalue weighted by molar-refractivity contribution is -0.128. The topological polar surface area (TPSA) is 48.4 Å². The van der Waals surface area contributed by atoms with Gasteiger partial charge in [0.2, 0.25) is 5.88 Å². The van der Waals surface area contributed by atoms with Crippen LogP contribution < -0.4 is 9.47 Å². The SMILES string of the molecule is O=C(/C=C/c1cccc(F)c1)Oc1ccc(Oc2ccccn2)cc1. The van der Waals surface area contributed by atoms with Crippen molar-refractivity contribution >= 4 is 12.0 Å². The van der Waals surface area contributed by atoms with Gasteiger partial charge in [-0.15, -0.1) is 0 Å². The predicted molar refractivity (Wildman–Crippen MR) is 91.8 cm³/mol. The van der Waals surface area contributed by atoms with Crippen molar-refractivity contribution in [3.63, 3.8) is 0 Å². The van der Waals surface area contributed by atoms with Gasteiger partial charge in [0.1, 0.15) is 17.3 Å². The Labute approximate surface area is 144 Å². The van der Waals surface area contributed by atoms with Crippen LogP contribution in [0.4, 0.5) is 4.39 Å². The lowest BCUT2D eigenvalue weighted by Gasteiger charge is -2.05. The Morgan fingerprint density at radius 1 is 0.960 bits per heavy atom. The fraction of sp³-hybridized carbons (Fsp3) is 0. The average molecular weight is 335 g/mol. The molecule has 4 nitrogen and oxygen atoms in total. The van der Waals surface area contributed by atoms with Crippen LogP contribution in [0.2, 0.25) is 0 Å². The van der Waals surface area contributed by atoms with Gasteiger partial charge in [0, 0.05) is 18.3 Å². The number of rotatable bonds is 5. The normalized spacial score (nSPS) is 10.6. The molecule has 0 bridgehead atoms. The Balaban J connectivity index is 1.58. The van der Waals surface area contributed by atoms with Gasteiger partial charge in [-0.2, -0.15) is 0 Å². The molecule has 5 heteroatoms. The second kappa shape index (κ2) is 7.88. The summed E-state index contributed by atoms with van der Waals surface area (Å²) in [5.41, 5.74) is 0.580. The van der Waals surface area contributed by atoms with Gasteiger partial charge in [-0.1, -0.05) is 18.2 Å². The second-order valence-corrected chi connectivity index (χ2v) is 5.05. The predicted octanol–water partition coefficient (Wildman–Crippen LogP) is 4.63. The molecule has 0 saturated carbocycles. The van der Waals surface area contributed by atoms with Gasteiger partial charge >= 0.3 is 5.97 Å². The minimum absolute atomic E-state index is 0.362. The van der Waals surface area contributed by atoms with Crippen LogP contribution in [-0.2, 0) is 4.79 Å². The van der Waals surface area contributed by atoms with Crippen molar-refractivity contribution in [2.45, 2.75) is 0 Å². The number of hydrogen-bond donors (Lipinski definition) is 0. The number of hydrogen-bond acceptors (Lipinski definition) is 4. The third-order valence-corrected chi connectivity index (χ3v) is 3.16. The van der Waals surface area contributed by atoms with E-state index in [0.29, 0.717) is 22.9 Å². The first kappa shape index (κ1) is 16.4. The first-order chi connectivity index (χ1) is 12.2. The number of aromatic nitrogens is 1. The van der Waals surface area contributed by atoms with Crippen LogP contribution in [0.5, 0.6) is 17.4 Å². The highest BCUT2D eigenvalue weighted by molar-refractivity contribution is 5.88. The number of carbonyl (C=O) groups excluding carboxylic acids is 1. The smallest absolute Gasteiger partial charge is 0.336 e. The molecule has 2 aromatic carbocycles. The highest BCUT2D eigenvalue weighted by Gasteiger charge is 2.03. The third-order valence-electron chi connectivity index (χ3n) is 3.16. The van der Waals surface area contributed by atoms with Crippen molar-refractivity contribution in [3.8, 4) is 17.4 Å². The lowest BCUT2D eigenvalue weighted by Crippen LogP contribution is -2.03. The number of benzene rings is 2. The van der Waals surface area contributed by atoms with Gasteiger partial charge < -0.3 is 9.47 Å². The third kappa shape index (κ3) is 5.00. The standard InChI is InChI=1S/C20H14FNO3/c21-16-5-3-4-15(14-16)7-12-20(23)25-18-10-8-17(9-11-18)24-19-6-1-2-13-22-19/h1-14H/b12-7+. The molecule has 0 aliphatic carbocycles. The second-order valence-electron chi connectivity index (χ2n) is 5.05. The van der Waals surface area contributed by atoms with E-state index in [9.17, 15) is 9.18 Å². The van der Waals surface area contributed by atoms with E-state index in [1.165, 1.54) is 24.3 Å². The highest BCUT2D eigenvalue weighted by atomic mass is 19.1. The summed E-state index contributed by atoms with van der Waals surface area (Å²) in [4.78, 5) is 15.9. The number of nitrogens with zero attached hydrogens (tertiary/aromatic N) is 1. The summed E-state index contributed by atoms with van der Waals surface area (Å²) in [6.07, 6.45) is 4.37. The number of halogens is 1. The molecule has 0 atom stereocenters. The zero-order valence-electron chi connectivity index (χ0n) is 13.1. The zero-order valence-corrected chi connectivity index (χ0v) is 13.1. The van der Waals surface area contributed by atoms with E-state index < -0.39 is 5.97 Å². The van der Waals surface area contributed by atoms with Gasteiger partial charge in [-0.25, -0.2) is 14.2 Å². The molecular formula is C20H14FNO3. The fourth-order valence-electron chi connectivity index (χ4n) is 2.03. The molecule has 0 saturated heterocycles. The Kier molecular flexibility index (Phi) is 5.16. The number of esters is 1. The van der Waals surface area contributed by atoms with Crippen LogP contribution in [0.3, 0.4) is 0 Å². The molecule has 0 amide bonds. The molecule has 0 spiro atoms. The van der Waals surface area contributed by atoms with Gasteiger partial charge in [0.05, 0.1) is 0 Å². The molecule has 3 rings (SSSR count). The molecule has 0 N–H and O–H groups in total. The molecule has 0 aliphatic heterocycles. The fourth-order valence-corrected chi connectivity index (χ4v) is 2.03. The zero-order chi connectivity index (χ0) is 17.5. The Morgan fingerprint density at radius 3 is 2.48 bits per heavy atom. The first-order valence-corrected chi connectivity index (χ1v) is 7.53. The largest absolute Gasteiger partial charge is 0.439 e. The van der Waals surface area contributed by atoms with Crippen molar-refractivity contribution < 1.29 is 18.7 Å². The molecule has 1 heterocycles. The molecule has 0 fully saturated rings. The van der Waals surface area contributed by atoms with Gasteiger partial charge in [-0.3, -0.25) is 0 Å². The number of pyridine rings is 1. The van der Waals surface area contributed by atoms with Crippen molar-refractivity contribution in [2.24, 2.45) is 0 Å². The highest BCUT2D eigenvalue weighted by Crippen LogP contribution is 2.22. The van der Waals surface area contributed by atoms with E-state index in [1.807, 2.05) is 6.07 Å². The van der Waals surface area contributed by atoms with Crippen LogP contribution in [0, 0.1) is 5.82 Å². The summed E-state index contributed by atoms with van der Waals surface area (Å²) in [5.74, 6) is 0.517. The van der Waals surface area contributed by atoms with E-state index in [1.54, 1.807) is 54.7 Å². The maximum Gasteiger partial charge on any atom is 0.336 e. The lowest BCUT2D eigenvalue weighted by atomic mass is 10.2. The Hall–Kier alpha value is -3.47. The van der Waals surface area contributed by atoms with Gasteiger partial charge in [0.15, 0.2) is 0 Å². The summed E-state index contributed by atoms with van der Waals surface area (Å²) < 4.78 is 23.8. The Morgan fingerprint density at radius 2 is 1.76 bits per heavy atom. The maximum atomic E-state index is 13.1. The molecule has 124 valence electrons. The minimum atomic E-state index is -0.553. The van der Waals surface area contributed by atoms with Crippen LogP contribution >= 0.6 is 0 Å². The first-order valence-electron chi connectivity index (χ1n) is 7.53. The quantitative estimate of drug-likeness (QED) is 0.387. The molecule has 0 radical (unpaired) electrons. The van der Waals surface area contributed by atoms with Gasteiger partial charge in [-0.05, 0) is 54.1 Å². The van der Waals surface area contributed by atoms with E-state index in [2.05, 4.69) is 4.98 Å². The van der Waals surface area contributed by atoms with E-state index in [0.717, 1.165) is 0 Å². The van der Waals surface area contributed by atoms with Crippen molar-refractivity contribution in [1.29, 1.82) is 0 Å². The number of ether oxygens (including phenoxy) is 2. The van der Waals surface area contributed by atoms with Crippen molar-refractivity contribution in [1.82, 2.24) is 4.98 Å².